The van der Waals surface area contributed by atoms with Gasteiger partial charge in [-0.05, 0) is 44.9 Å². The molecular formula is C55H103NO7. The highest BCUT2D eigenvalue weighted by Gasteiger charge is 2.25. The van der Waals surface area contributed by atoms with Crippen molar-refractivity contribution < 1.29 is 38.2 Å². The molecule has 370 valence electrons. The monoisotopic (exact) mass is 890 g/mol. The number of quaternary nitrogens is 1. The van der Waals surface area contributed by atoms with Crippen LogP contribution in [0.15, 0.2) is 24.3 Å². The van der Waals surface area contributed by atoms with Crippen molar-refractivity contribution in [2.24, 2.45) is 0 Å². The maximum absolute atomic E-state index is 12.8. The molecule has 8 heteroatoms. The highest BCUT2D eigenvalue weighted by Crippen LogP contribution is 2.16. The van der Waals surface area contributed by atoms with Gasteiger partial charge in [0.25, 0.3) is 0 Å². The summed E-state index contributed by atoms with van der Waals surface area (Å²) in [6, 6.07) is -0.724. The van der Waals surface area contributed by atoms with Crippen molar-refractivity contribution >= 4 is 17.9 Å². The Hall–Kier alpha value is -2.19. The molecule has 0 aromatic carbocycles. The summed E-state index contributed by atoms with van der Waals surface area (Å²) in [5.74, 6) is -1.72. The van der Waals surface area contributed by atoms with E-state index >= 15 is 0 Å². The summed E-state index contributed by atoms with van der Waals surface area (Å²) in [6.45, 7) is 4.69. The molecule has 0 aromatic rings. The maximum Gasteiger partial charge on any atom is 0.306 e. The largest absolute Gasteiger partial charge is 0.544 e. The number of carbonyl (C=O) groups excluding carboxylic acids is 3. The number of hydrogen-bond acceptors (Lipinski definition) is 7. The molecule has 0 aliphatic heterocycles. The third-order valence-corrected chi connectivity index (χ3v) is 12.3. The highest BCUT2D eigenvalue weighted by atomic mass is 16.6. The van der Waals surface area contributed by atoms with Gasteiger partial charge in [0.15, 0.2) is 6.10 Å². The molecular weight excluding hydrogens is 787 g/mol. The van der Waals surface area contributed by atoms with E-state index in [-0.39, 0.29) is 42.7 Å². The number of nitrogens with zero attached hydrogens (tertiary/aromatic N) is 1. The van der Waals surface area contributed by atoms with Gasteiger partial charge >= 0.3 is 11.9 Å². The van der Waals surface area contributed by atoms with Gasteiger partial charge in [-0.2, -0.15) is 0 Å². The molecule has 0 saturated carbocycles. The van der Waals surface area contributed by atoms with Gasteiger partial charge in [-0.3, -0.25) is 9.59 Å². The standard InChI is InChI=1S/C55H103NO7/c1-6-8-10-12-14-16-18-20-22-24-26-27-28-30-32-34-36-38-40-42-44-46-54(58)63-51(49-61-48-47-52(55(59)60)56(3,4)5)50-62-53(57)45-43-41-39-37-35-33-31-29-25-23-21-19-17-15-13-11-9-7-2/h18,20,24,26,51-52H,6-17,19,21-23,25,27-50H2,1-5H3/b20-18-,26-24-. The molecule has 0 radical (unpaired) electrons. The molecule has 2 unspecified atom stereocenters. The molecule has 0 spiro atoms. The topological polar surface area (TPSA) is 102 Å². The van der Waals surface area contributed by atoms with Crippen LogP contribution in [0.1, 0.15) is 258 Å². The Morgan fingerprint density at radius 2 is 0.841 bits per heavy atom. The zero-order valence-corrected chi connectivity index (χ0v) is 42.3. The molecule has 63 heavy (non-hydrogen) atoms. The molecule has 0 N–H and O–H groups in total. The van der Waals surface area contributed by atoms with Crippen molar-refractivity contribution in [3.8, 4) is 0 Å². The van der Waals surface area contributed by atoms with Crippen molar-refractivity contribution in [1.82, 2.24) is 0 Å². The number of hydrogen-bond donors (Lipinski definition) is 0. The van der Waals surface area contributed by atoms with Crippen molar-refractivity contribution in [3.63, 3.8) is 0 Å². The van der Waals surface area contributed by atoms with Crippen LogP contribution < -0.4 is 5.11 Å². The van der Waals surface area contributed by atoms with Crippen molar-refractivity contribution in [2.75, 3.05) is 41.0 Å². The number of ether oxygens (including phenoxy) is 3. The molecule has 2 atom stereocenters. The highest BCUT2D eigenvalue weighted by molar-refractivity contribution is 5.70. The number of likely N-dealkylation sites (N-methyl/N-ethyl adjacent to an activating group) is 1. The number of esters is 2. The van der Waals surface area contributed by atoms with E-state index in [1.807, 2.05) is 21.1 Å². The van der Waals surface area contributed by atoms with Crippen LogP contribution >= 0.6 is 0 Å². The minimum Gasteiger partial charge on any atom is -0.544 e. The predicted octanol–water partition coefficient (Wildman–Crippen LogP) is 14.3. The lowest BCUT2D eigenvalue weighted by molar-refractivity contribution is -0.889. The summed E-state index contributed by atoms with van der Waals surface area (Å²) >= 11 is 0. The zero-order valence-electron chi connectivity index (χ0n) is 42.3. The van der Waals surface area contributed by atoms with Gasteiger partial charge in [0.05, 0.1) is 40.3 Å². The molecule has 0 aromatic heterocycles. The first-order valence-corrected chi connectivity index (χ1v) is 26.9. The third kappa shape index (κ3) is 44.8. The van der Waals surface area contributed by atoms with Crippen LogP contribution in [0.25, 0.3) is 0 Å². The zero-order chi connectivity index (χ0) is 46.3. The van der Waals surface area contributed by atoms with Gasteiger partial charge in [0, 0.05) is 19.3 Å². The molecule has 0 amide bonds. The number of carbonyl (C=O) groups is 3. The number of aliphatic carboxylic acids is 1. The Morgan fingerprint density at radius 1 is 0.476 bits per heavy atom. The first kappa shape index (κ1) is 60.8. The van der Waals surface area contributed by atoms with E-state index in [1.54, 1.807) is 0 Å². The Morgan fingerprint density at radius 3 is 1.22 bits per heavy atom. The van der Waals surface area contributed by atoms with Crippen molar-refractivity contribution in [1.29, 1.82) is 0 Å². The first-order valence-electron chi connectivity index (χ1n) is 26.9. The number of rotatable bonds is 49. The summed E-state index contributed by atoms with van der Waals surface area (Å²) in [7, 11) is 5.43. The molecule has 0 rings (SSSR count). The molecule has 0 aliphatic rings. The fourth-order valence-electron chi connectivity index (χ4n) is 8.16. The lowest BCUT2D eigenvalue weighted by atomic mass is 10.0. The average Bonchev–Trinajstić information content (AvgIpc) is 3.24. The van der Waals surface area contributed by atoms with E-state index in [1.165, 1.54) is 180 Å². The molecule has 0 saturated heterocycles. The second-order valence-electron chi connectivity index (χ2n) is 19.5. The van der Waals surface area contributed by atoms with Gasteiger partial charge in [-0.25, -0.2) is 0 Å². The second kappa shape index (κ2) is 46.3. The van der Waals surface area contributed by atoms with Gasteiger partial charge in [0.1, 0.15) is 12.6 Å². The molecule has 0 heterocycles. The molecule has 0 bridgehead atoms. The summed E-state index contributed by atoms with van der Waals surface area (Å²) in [5.41, 5.74) is 0. The lowest BCUT2D eigenvalue weighted by Gasteiger charge is -2.34. The Balaban J connectivity index is 4.20. The van der Waals surface area contributed by atoms with Crippen molar-refractivity contribution in [2.45, 2.75) is 270 Å². The fourth-order valence-corrected chi connectivity index (χ4v) is 8.16. The number of unbranched alkanes of at least 4 members (excludes halogenated alkanes) is 31. The Kier molecular flexibility index (Phi) is 44.7. The van der Waals surface area contributed by atoms with Crippen LogP contribution in [0, 0.1) is 0 Å². The maximum atomic E-state index is 12.8. The Labute approximate surface area is 390 Å². The summed E-state index contributed by atoms with van der Waals surface area (Å²) < 4.78 is 17.3. The van der Waals surface area contributed by atoms with Crippen molar-refractivity contribution in [3.05, 3.63) is 24.3 Å². The Bertz CT molecular complexity index is 1080. The van der Waals surface area contributed by atoms with Gasteiger partial charge in [-0.1, -0.05) is 218 Å². The smallest absolute Gasteiger partial charge is 0.306 e. The van der Waals surface area contributed by atoms with Crippen LogP contribution in [-0.2, 0) is 28.6 Å². The van der Waals surface area contributed by atoms with E-state index < -0.39 is 18.1 Å². The van der Waals surface area contributed by atoms with Gasteiger partial charge in [-0.15, -0.1) is 0 Å². The van der Waals surface area contributed by atoms with E-state index in [4.69, 9.17) is 14.2 Å². The predicted molar refractivity (Wildman–Crippen MR) is 264 cm³/mol. The quantitative estimate of drug-likeness (QED) is 0.0259. The van der Waals surface area contributed by atoms with Gasteiger partial charge in [0.2, 0.25) is 0 Å². The third-order valence-electron chi connectivity index (χ3n) is 12.3. The SMILES string of the molecule is CCCCCCC/C=C\C/C=C\CCCCCCCCCCCC(=O)OC(COCCC(C(=O)[O-])[N+](C)(C)C)COC(=O)CCCCCCCCCCCCCCCCCCCC. The fraction of sp³-hybridized carbons (Fsp3) is 0.873. The summed E-state index contributed by atoms with van der Waals surface area (Å²) in [4.78, 5) is 37.1. The van der Waals surface area contributed by atoms with Crippen LogP contribution in [0.5, 0.6) is 0 Å². The van der Waals surface area contributed by atoms with Crippen LogP contribution in [0.2, 0.25) is 0 Å². The average molecular weight is 890 g/mol. The minimum absolute atomic E-state index is 0.0437. The number of carboxylic acid groups (broad SMARTS) is 1. The van der Waals surface area contributed by atoms with E-state index in [9.17, 15) is 19.5 Å². The summed E-state index contributed by atoms with van der Waals surface area (Å²) in [5, 5.41) is 11.7. The summed E-state index contributed by atoms with van der Waals surface area (Å²) in [6.07, 6.45) is 53.5. The number of carboxylic acids is 1. The first-order chi connectivity index (χ1) is 30.6. The molecule has 0 aliphatic carbocycles. The molecule has 8 nitrogen and oxygen atoms in total. The second-order valence-corrected chi connectivity index (χ2v) is 19.5. The van der Waals surface area contributed by atoms with E-state index in [0.29, 0.717) is 12.8 Å². The lowest BCUT2D eigenvalue weighted by Crippen LogP contribution is -2.55. The normalized spacial score (nSPS) is 13.0. The number of allylic oxidation sites excluding steroid dienone is 4. The van der Waals surface area contributed by atoms with Crippen LogP contribution in [0.3, 0.4) is 0 Å². The van der Waals surface area contributed by atoms with E-state index in [2.05, 4.69) is 38.2 Å². The van der Waals surface area contributed by atoms with Crippen LogP contribution in [-0.4, -0.2) is 75.5 Å². The molecule has 0 fully saturated rings. The van der Waals surface area contributed by atoms with Crippen LogP contribution in [0.4, 0.5) is 0 Å². The minimum atomic E-state index is -1.12. The van der Waals surface area contributed by atoms with Gasteiger partial charge < -0.3 is 28.6 Å². The van der Waals surface area contributed by atoms with E-state index in [0.717, 1.165) is 44.9 Å².